The molecule has 0 amide bonds. The van der Waals surface area contributed by atoms with Gasteiger partial charge >= 0.3 is 0 Å². The zero-order valence-corrected chi connectivity index (χ0v) is 30.8. The van der Waals surface area contributed by atoms with Gasteiger partial charge in [0.2, 0.25) is 0 Å². The summed E-state index contributed by atoms with van der Waals surface area (Å²) >= 11 is 0. The third-order valence-corrected chi connectivity index (χ3v) is 10.3. The van der Waals surface area contributed by atoms with Gasteiger partial charge < -0.3 is 45.9 Å². The van der Waals surface area contributed by atoms with Crippen LogP contribution in [-0.4, -0.2) is 86.4 Å². The van der Waals surface area contributed by atoms with Gasteiger partial charge in [-0.15, -0.1) is 0 Å². The first kappa shape index (κ1) is 39.9. The SMILES string of the molecule is CN=C(N)Nc1cc(C2(C/C=C/C(=O)CCc3ccc(O)c(OC)c3)CCCC2)cc(O[C@@]2(CNC)CC[C@@H](CCOCNC[C@H](C)O)C2)c1O. The summed E-state index contributed by atoms with van der Waals surface area (Å²) in [5, 5.41) is 40.4. The molecule has 12 heteroatoms. The highest BCUT2D eigenvalue weighted by atomic mass is 16.5. The fraction of sp³-hybridized carbons (Fsp3) is 0.590. The molecule has 2 aliphatic carbocycles. The van der Waals surface area contributed by atoms with E-state index in [0.29, 0.717) is 68.8 Å². The molecular weight excluding hydrogens is 650 g/mol. The minimum absolute atomic E-state index is 0.0125. The lowest BCUT2D eigenvalue weighted by Gasteiger charge is -2.34. The zero-order valence-electron chi connectivity index (χ0n) is 30.8. The number of phenolic OH excluding ortho intramolecular Hbond substituents is 2. The molecule has 0 spiro atoms. The molecule has 0 heterocycles. The smallest absolute Gasteiger partial charge is 0.192 e. The fourth-order valence-corrected chi connectivity index (χ4v) is 7.54. The number of aliphatic hydroxyl groups is 1. The van der Waals surface area contributed by atoms with Crippen molar-refractivity contribution in [1.82, 2.24) is 10.6 Å². The number of phenols is 2. The van der Waals surface area contributed by atoms with Crippen LogP contribution >= 0.6 is 0 Å². The lowest BCUT2D eigenvalue weighted by Crippen LogP contribution is -2.43. The zero-order chi connectivity index (χ0) is 36.9. The molecule has 282 valence electrons. The molecular formula is C39H59N5O7. The number of aromatic hydroxyl groups is 2. The Morgan fingerprint density at radius 1 is 1.16 bits per heavy atom. The second-order valence-corrected chi connectivity index (χ2v) is 14.2. The van der Waals surface area contributed by atoms with Crippen LogP contribution in [0, 0.1) is 5.92 Å². The highest BCUT2D eigenvalue weighted by Crippen LogP contribution is 2.50. The summed E-state index contributed by atoms with van der Waals surface area (Å²) in [5.74, 6) is 1.48. The standard InChI is InChI=1S/C39H59N5O7/c1-27(45)24-43-26-50-19-14-29-13-18-39(23-29,25-41-2)51-35-22-30(21-32(36(35)48)44-37(40)42-3)38(15-5-6-16-38)17-7-8-31(46)11-9-28-10-12-33(47)34(20-28)49-4/h7-8,10,12,20-22,27,29,41,43,45,47-48H,5-6,9,11,13-19,23-26H2,1-4H3,(H3,40,42,44)/b8-7+/t27-,29-,39-/m0/s1. The third-order valence-electron chi connectivity index (χ3n) is 10.3. The Bertz CT molecular complexity index is 1490. The van der Waals surface area contributed by atoms with Crippen molar-refractivity contribution in [3.63, 3.8) is 0 Å². The van der Waals surface area contributed by atoms with Crippen LogP contribution in [0.2, 0.25) is 0 Å². The highest BCUT2D eigenvalue weighted by Gasteiger charge is 2.42. The molecule has 0 aromatic heterocycles. The van der Waals surface area contributed by atoms with E-state index in [-0.39, 0.29) is 28.7 Å². The molecule has 0 bridgehead atoms. The van der Waals surface area contributed by atoms with Crippen molar-refractivity contribution in [2.45, 2.75) is 94.7 Å². The average Bonchev–Trinajstić information content (AvgIpc) is 3.75. The number of guanidine groups is 1. The lowest BCUT2D eigenvalue weighted by molar-refractivity contribution is -0.114. The number of aliphatic hydroxyl groups excluding tert-OH is 1. The fourth-order valence-electron chi connectivity index (χ4n) is 7.54. The Morgan fingerprint density at radius 3 is 2.65 bits per heavy atom. The van der Waals surface area contributed by atoms with Crippen LogP contribution < -0.4 is 31.2 Å². The summed E-state index contributed by atoms with van der Waals surface area (Å²) in [6.07, 6.45) is 12.3. The molecule has 2 aliphatic rings. The van der Waals surface area contributed by atoms with E-state index in [1.54, 1.807) is 38.2 Å². The number of likely N-dealkylation sites (N-methyl/N-ethyl adjacent to an activating group) is 1. The predicted octanol–water partition coefficient (Wildman–Crippen LogP) is 4.89. The number of rotatable bonds is 20. The molecule has 0 aliphatic heterocycles. The number of carbonyl (C=O) groups is 1. The molecule has 0 radical (unpaired) electrons. The number of nitrogens with zero attached hydrogens (tertiary/aromatic N) is 1. The monoisotopic (exact) mass is 709 g/mol. The Labute approximate surface area is 302 Å². The van der Waals surface area contributed by atoms with E-state index in [1.165, 1.54) is 7.11 Å². The summed E-state index contributed by atoms with van der Waals surface area (Å²) in [4.78, 5) is 17.0. The van der Waals surface area contributed by atoms with Crippen molar-refractivity contribution >= 4 is 17.4 Å². The number of aliphatic imine (C=N–C) groups is 1. The van der Waals surface area contributed by atoms with Crippen molar-refractivity contribution < 1.29 is 34.3 Å². The third kappa shape index (κ3) is 11.3. The molecule has 0 unspecified atom stereocenters. The first-order valence-electron chi connectivity index (χ1n) is 18.2. The number of allylic oxidation sites excluding steroid dienone is 2. The summed E-state index contributed by atoms with van der Waals surface area (Å²) < 4.78 is 17.8. The molecule has 2 fully saturated rings. The quantitative estimate of drug-likeness (QED) is 0.0248. The van der Waals surface area contributed by atoms with E-state index < -0.39 is 11.7 Å². The maximum atomic E-state index is 12.9. The van der Waals surface area contributed by atoms with Crippen LogP contribution in [0.25, 0.3) is 0 Å². The number of nitrogens with two attached hydrogens (primary N) is 1. The number of ether oxygens (including phenoxy) is 3. The molecule has 4 rings (SSSR count). The largest absolute Gasteiger partial charge is 0.504 e. The van der Waals surface area contributed by atoms with Crippen LogP contribution in [0.5, 0.6) is 23.0 Å². The van der Waals surface area contributed by atoms with Crippen LogP contribution in [0.1, 0.15) is 82.3 Å². The van der Waals surface area contributed by atoms with Crippen molar-refractivity contribution in [1.29, 1.82) is 0 Å². The number of hydrogen-bond donors (Lipinski definition) is 7. The van der Waals surface area contributed by atoms with Gasteiger partial charge in [-0.1, -0.05) is 25.0 Å². The topological polar surface area (TPSA) is 180 Å². The summed E-state index contributed by atoms with van der Waals surface area (Å²) in [6, 6.07) is 9.08. The minimum atomic E-state index is -0.515. The molecule has 0 saturated heterocycles. The number of anilines is 1. The Hall–Kier alpha value is -3.84. The van der Waals surface area contributed by atoms with E-state index in [9.17, 15) is 20.1 Å². The normalized spacial score (nSPS) is 20.9. The van der Waals surface area contributed by atoms with Crippen LogP contribution in [0.4, 0.5) is 5.69 Å². The van der Waals surface area contributed by atoms with Crippen molar-refractivity contribution in [2.75, 3.05) is 52.9 Å². The van der Waals surface area contributed by atoms with E-state index in [2.05, 4.69) is 20.9 Å². The van der Waals surface area contributed by atoms with Crippen molar-refractivity contribution in [3.05, 3.63) is 53.6 Å². The Balaban J connectivity index is 1.51. The molecule has 51 heavy (non-hydrogen) atoms. The van der Waals surface area contributed by atoms with E-state index >= 15 is 0 Å². The molecule has 2 aromatic rings. The van der Waals surface area contributed by atoms with Gasteiger partial charge in [-0.05, 0) is 118 Å². The molecule has 3 atom stereocenters. The maximum Gasteiger partial charge on any atom is 0.192 e. The second-order valence-electron chi connectivity index (χ2n) is 14.2. The second kappa shape index (κ2) is 19.1. The first-order valence-corrected chi connectivity index (χ1v) is 18.2. The van der Waals surface area contributed by atoms with E-state index in [1.807, 2.05) is 25.3 Å². The number of benzene rings is 2. The molecule has 12 nitrogen and oxygen atoms in total. The number of carbonyl (C=O) groups excluding carboxylic acids is 1. The maximum absolute atomic E-state index is 12.9. The lowest BCUT2D eigenvalue weighted by atomic mass is 9.75. The summed E-state index contributed by atoms with van der Waals surface area (Å²) in [6.45, 7) is 3.86. The highest BCUT2D eigenvalue weighted by molar-refractivity contribution is 5.94. The number of methoxy groups -OCH3 is 1. The average molecular weight is 710 g/mol. The van der Waals surface area contributed by atoms with Gasteiger partial charge in [-0.3, -0.25) is 15.1 Å². The number of ketones is 1. The predicted molar refractivity (Wildman–Crippen MR) is 201 cm³/mol. The van der Waals surface area contributed by atoms with E-state index in [4.69, 9.17) is 19.9 Å². The van der Waals surface area contributed by atoms with Gasteiger partial charge in [-0.25, -0.2) is 0 Å². The Kier molecular flexibility index (Phi) is 15.0. The van der Waals surface area contributed by atoms with Gasteiger partial charge in [0.05, 0.1) is 25.6 Å². The number of hydrogen-bond acceptors (Lipinski definition) is 10. The first-order chi connectivity index (χ1) is 24.5. The van der Waals surface area contributed by atoms with Crippen LogP contribution in [0.15, 0.2) is 47.5 Å². The number of aryl methyl sites for hydroxylation is 1. The van der Waals surface area contributed by atoms with Gasteiger partial charge in [0.25, 0.3) is 0 Å². The van der Waals surface area contributed by atoms with Crippen LogP contribution in [-0.2, 0) is 21.4 Å². The molecule has 8 N–H and O–H groups in total. The van der Waals surface area contributed by atoms with Gasteiger partial charge in [0, 0.05) is 33.2 Å². The minimum Gasteiger partial charge on any atom is -0.504 e. The van der Waals surface area contributed by atoms with Crippen molar-refractivity contribution in [2.24, 2.45) is 16.6 Å². The summed E-state index contributed by atoms with van der Waals surface area (Å²) in [7, 11) is 5.01. The summed E-state index contributed by atoms with van der Waals surface area (Å²) in [5.41, 5.74) is 7.73. The van der Waals surface area contributed by atoms with Gasteiger partial charge in [-0.2, -0.15) is 0 Å². The Morgan fingerprint density at radius 2 is 1.94 bits per heavy atom. The van der Waals surface area contributed by atoms with Crippen LogP contribution in [0.3, 0.4) is 0 Å². The van der Waals surface area contributed by atoms with E-state index in [0.717, 1.165) is 62.5 Å². The number of nitrogens with one attached hydrogen (secondary N) is 3. The van der Waals surface area contributed by atoms with Gasteiger partial charge in [0.15, 0.2) is 34.7 Å². The molecule has 2 saturated carbocycles. The van der Waals surface area contributed by atoms with Crippen molar-refractivity contribution in [3.8, 4) is 23.0 Å². The molecule has 2 aromatic carbocycles. The van der Waals surface area contributed by atoms with Gasteiger partial charge in [0.1, 0.15) is 5.60 Å².